The van der Waals surface area contributed by atoms with E-state index in [1.165, 1.54) is 55.3 Å². The van der Waals surface area contributed by atoms with Crippen LogP contribution in [0.15, 0.2) is 22.8 Å². The van der Waals surface area contributed by atoms with Crippen molar-refractivity contribution < 1.29 is 0 Å². The van der Waals surface area contributed by atoms with Crippen LogP contribution in [0.2, 0.25) is 12.1 Å². The smallest absolute Gasteiger partial charge is 0.0601 e. The lowest BCUT2D eigenvalue weighted by atomic mass is 9.88. The average Bonchev–Trinajstić information content (AvgIpc) is 2.64. The number of allylic oxidation sites excluding steroid dienone is 2. The number of nitrogens with one attached hydrogen (secondary N) is 1. The molecule has 2 heteroatoms. The molecule has 0 saturated heterocycles. The van der Waals surface area contributed by atoms with Crippen LogP contribution in [0.3, 0.4) is 0 Å². The van der Waals surface area contributed by atoms with Gasteiger partial charge in [0.2, 0.25) is 0 Å². The van der Waals surface area contributed by atoms with Gasteiger partial charge in [-0.05, 0) is 51.7 Å². The van der Waals surface area contributed by atoms with E-state index in [1.54, 1.807) is 5.57 Å². The first-order valence-corrected chi connectivity index (χ1v) is 11.3. The van der Waals surface area contributed by atoms with Crippen LogP contribution in [0, 0.1) is 0 Å². The maximum Gasteiger partial charge on any atom is 0.0601 e. The summed E-state index contributed by atoms with van der Waals surface area (Å²) in [5, 5.41) is 4.73. The quantitative estimate of drug-likeness (QED) is 0.693. The highest BCUT2D eigenvalue weighted by Crippen LogP contribution is 2.40. The van der Waals surface area contributed by atoms with Crippen molar-refractivity contribution in [1.29, 1.82) is 0 Å². The third-order valence-electron chi connectivity index (χ3n) is 6.46. The second kappa shape index (κ2) is 6.42. The van der Waals surface area contributed by atoms with Gasteiger partial charge in [-0.3, -0.25) is 0 Å². The van der Waals surface area contributed by atoms with E-state index in [0.717, 1.165) is 0 Å². The van der Waals surface area contributed by atoms with E-state index < -0.39 is 8.80 Å². The zero-order valence-corrected chi connectivity index (χ0v) is 16.3. The van der Waals surface area contributed by atoms with Crippen molar-refractivity contribution in [2.45, 2.75) is 96.4 Å². The standard InChI is InChI=1S/C19H35NSi/c1-7-21(8-2)19(12-10-9-11-13-19)20-18(6)14-15(3)16(4)17(18)5/h14,20-21H,7-13H2,1-6H3. The van der Waals surface area contributed by atoms with Gasteiger partial charge >= 0.3 is 0 Å². The van der Waals surface area contributed by atoms with Crippen molar-refractivity contribution in [3.05, 3.63) is 22.8 Å². The lowest BCUT2D eigenvalue weighted by Gasteiger charge is -2.49. The molecule has 0 aromatic rings. The highest BCUT2D eigenvalue weighted by atomic mass is 28.3. The lowest BCUT2D eigenvalue weighted by molar-refractivity contribution is 0.275. The van der Waals surface area contributed by atoms with Crippen LogP contribution in [0.4, 0.5) is 0 Å². The molecule has 0 aromatic carbocycles. The van der Waals surface area contributed by atoms with Crippen LogP contribution in [-0.4, -0.2) is 19.5 Å². The molecule has 1 N–H and O–H groups in total. The predicted octanol–water partition coefficient (Wildman–Crippen LogP) is 5.14. The molecule has 0 amide bonds. The molecule has 1 nitrogen and oxygen atoms in total. The molecule has 0 spiro atoms. The summed E-state index contributed by atoms with van der Waals surface area (Å²) in [6, 6.07) is 2.87. The molecular weight excluding hydrogens is 270 g/mol. The van der Waals surface area contributed by atoms with Crippen LogP contribution in [-0.2, 0) is 0 Å². The van der Waals surface area contributed by atoms with Gasteiger partial charge in [-0.15, -0.1) is 0 Å². The molecule has 0 radical (unpaired) electrons. The highest BCUT2D eigenvalue weighted by Gasteiger charge is 2.44. The topological polar surface area (TPSA) is 12.0 Å². The molecule has 120 valence electrons. The third-order valence-corrected chi connectivity index (χ3v) is 10.7. The normalized spacial score (nSPS) is 29.2. The molecule has 0 aliphatic heterocycles. The molecule has 2 rings (SSSR count). The molecule has 21 heavy (non-hydrogen) atoms. The molecule has 1 fully saturated rings. The SMILES string of the molecule is CC[SiH](CC)C1(NC2(C)C=C(C)C(C)=C2C)CCCCC1. The van der Waals surface area contributed by atoms with E-state index in [1.807, 2.05) is 0 Å². The van der Waals surface area contributed by atoms with E-state index >= 15 is 0 Å². The molecule has 0 heterocycles. The summed E-state index contributed by atoms with van der Waals surface area (Å²) in [6.45, 7) is 14.2. The van der Waals surface area contributed by atoms with E-state index in [4.69, 9.17) is 0 Å². The minimum absolute atomic E-state index is 0.0983. The van der Waals surface area contributed by atoms with Crippen molar-refractivity contribution in [1.82, 2.24) is 5.32 Å². The summed E-state index contributed by atoms with van der Waals surface area (Å²) in [5.41, 5.74) is 4.62. The second-order valence-electron chi connectivity index (χ2n) is 7.63. The Bertz CT molecular complexity index is 438. The Balaban J connectivity index is 2.32. The molecule has 1 atom stereocenters. The van der Waals surface area contributed by atoms with Crippen molar-refractivity contribution in [3.8, 4) is 0 Å². The minimum atomic E-state index is -0.740. The molecule has 2 aliphatic rings. The summed E-state index contributed by atoms with van der Waals surface area (Å²) in [5.74, 6) is 0. The van der Waals surface area contributed by atoms with Crippen LogP contribution in [0.5, 0.6) is 0 Å². The van der Waals surface area contributed by atoms with Gasteiger partial charge in [0.1, 0.15) is 0 Å². The maximum absolute atomic E-state index is 4.25. The zero-order valence-electron chi connectivity index (χ0n) is 15.1. The average molecular weight is 306 g/mol. The monoisotopic (exact) mass is 305 g/mol. The molecule has 0 aromatic heterocycles. The summed E-state index contributed by atoms with van der Waals surface area (Å²) >= 11 is 0. The third kappa shape index (κ3) is 3.07. The van der Waals surface area contributed by atoms with Gasteiger partial charge in [-0.25, -0.2) is 0 Å². The zero-order chi connectivity index (χ0) is 15.7. The summed E-state index contributed by atoms with van der Waals surface area (Å²) in [6.07, 6.45) is 9.62. The van der Waals surface area contributed by atoms with Crippen LogP contribution >= 0.6 is 0 Å². The van der Waals surface area contributed by atoms with Gasteiger partial charge in [0.25, 0.3) is 0 Å². The van der Waals surface area contributed by atoms with E-state index in [0.29, 0.717) is 5.16 Å². The molecule has 0 bridgehead atoms. The number of hydrogen-bond acceptors (Lipinski definition) is 1. The Morgan fingerprint density at radius 2 is 1.62 bits per heavy atom. The van der Waals surface area contributed by atoms with Gasteiger partial charge in [-0.1, -0.05) is 56.8 Å². The number of hydrogen-bond donors (Lipinski definition) is 1. The Labute approximate surface area is 133 Å². The van der Waals surface area contributed by atoms with Gasteiger partial charge in [0.05, 0.1) is 14.3 Å². The van der Waals surface area contributed by atoms with Crippen molar-refractivity contribution in [2.24, 2.45) is 0 Å². The fourth-order valence-corrected chi connectivity index (χ4v) is 8.74. The highest BCUT2D eigenvalue weighted by molar-refractivity contribution is 6.62. The minimum Gasteiger partial charge on any atom is -0.302 e. The van der Waals surface area contributed by atoms with Crippen LogP contribution < -0.4 is 5.32 Å². The Morgan fingerprint density at radius 3 is 2.05 bits per heavy atom. The molecule has 1 unspecified atom stereocenters. The maximum atomic E-state index is 4.25. The molecular formula is C19H35NSi. The summed E-state index contributed by atoms with van der Waals surface area (Å²) in [4.78, 5) is 0. The van der Waals surface area contributed by atoms with Gasteiger partial charge in [0.15, 0.2) is 0 Å². The fraction of sp³-hybridized carbons (Fsp3) is 0.789. The van der Waals surface area contributed by atoms with E-state index in [9.17, 15) is 0 Å². The first-order valence-electron chi connectivity index (χ1n) is 9.05. The van der Waals surface area contributed by atoms with Crippen molar-refractivity contribution in [3.63, 3.8) is 0 Å². The van der Waals surface area contributed by atoms with Gasteiger partial charge in [-0.2, -0.15) is 0 Å². The van der Waals surface area contributed by atoms with Gasteiger partial charge in [0, 0.05) is 5.16 Å². The molecule has 1 saturated carbocycles. The Morgan fingerprint density at radius 1 is 1.05 bits per heavy atom. The first-order chi connectivity index (χ1) is 9.88. The van der Waals surface area contributed by atoms with Crippen LogP contribution in [0.25, 0.3) is 0 Å². The Kier molecular flexibility index (Phi) is 5.20. The fourth-order valence-electron chi connectivity index (χ4n) is 4.87. The Hall–Kier alpha value is -0.343. The first kappa shape index (κ1) is 17.0. The van der Waals surface area contributed by atoms with Crippen molar-refractivity contribution in [2.75, 3.05) is 0 Å². The summed E-state index contributed by atoms with van der Waals surface area (Å²) in [7, 11) is -0.740. The second-order valence-corrected chi connectivity index (χ2v) is 11.8. The van der Waals surface area contributed by atoms with E-state index in [2.05, 4.69) is 52.9 Å². The molecule has 2 aliphatic carbocycles. The lowest BCUT2D eigenvalue weighted by Crippen LogP contribution is -2.64. The van der Waals surface area contributed by atoms with Gasteiger partial charge < -0.3 is 5.32 Å². The van der Waals surface area contributed by atoms with Crippen LogP contribution in [0.1, 0.15) is 73.6 Å². The largest absolute Gasteiger partial charge is 0.302 e. The summed E-state index contributed by atoms with van der Waals surface area (Å²) < 4.78 is 0. The van der Waals surface area contributed by atoms with Crippen molar-refractivity contribution >= 4 is 8.80 Å². The van der Waals surface area contributed by atoms with E-state index in [-0.39, 0.29) is 5.54 Å². The number of rotatable bonds is 5. The predicted molar refractivity (Wildman–Crippen MR) is 97.6 cm³/mol.